The Morgan fingerprint density at radius 1 is 1.12 bits per heavy atom. The van der Waals surface area contributed by atoms with Gasteiger partial charge in [-0.1, -0.05) is 18.2 Å². The Kier molecular flexibility index (Phi) is 3.85. The van der Waals surface area contributed by atoms with Gasteiger partial charge in [-0.2, -0.15) is 0 Å². The van der Waals surface area contributed by atoms with E-state index in [1.165, 1.54) is 29.5 Å². The van der Waals surface area contributed by atoms with E-state index in [4.69, 9.17) is 15.2 Å². The number of nitrogens with two attached hydrogens (primary N) is 1. The molecule has 1 saturated heterocycles. The summed E-state index contributed by atoms with van der Waals surface area (Å²) < 4.78 is 11.3. The lowest BCUT2D eigenvalue weighted by atomic mass is 9.80. The van der Waals surface area contributed by atoms with E-state index in [0.29, 0.717) is 12.0 Å². The molecule has 3 atom stereocenters. The normalized spacial score (nSPS) is 25.0. The smallest absolute Gasteiger partial charge is 0.164 e. The van der Waals surface area contributed by atoms with Crippen molar-refractivity contribution in [2.75, 3.05) is 26.5 Å². The first kappa shape index (κ1) is 15.3. The Labute approximate surface area is 143 Å². The topological polar surface area (TPSA) is 56.5 Å². The largest absolute Gasteiger partial charge is 0.493 e. The van der Waals surface area contributed by atoms with E-state index in [1.54, 1.807) is 14.2 Å². The summed E-state index contributed by atoms with van der Waals surface area (Å²) in [6.07, 6.45) is 2.41. The van der Waals surface area contributed by atoms with Crippen LogP contribution in [-0.2, 0) is 0 Å². The van der Waals surface area contributed by atoms with Crippen LogP contribution < -0.4 is 20.5 Å². The first-order chi connectivity index (χ1) is 11.7. The zero-order valence-electron chi connectivity index (χ0n) is 14.2. The van der Waals surface area contributed by atoms with Crippen molar-refractivity contribution in [2.24, 2.45) is 5.92 Å². The lowest BCUT2D eigenvalue weighted by Gasteiger charge is -2.31. The van der Waals surface area contributed by atoms with Crippen LogP contribution >= 0.6 is 0 Å². The van der Waals surface area contributed by atoms with Crippen molar-refractivity contribution in [2.45, 2.75) is 24.8 Å². The summed E-state index contributed by atoms with van der Waals surface area (Å²) in [6, 6.07) is 12.9. The number of fused-ring (bicyclic) bond motifs is 3. The predicted octanol–water partition coefficient (Wildman–Crippen LogP) is 3.47. The molecule has 0 aromatic heterocycles. The zero-order valence-corrected chi connectivity index (χ0v) is 14.2. The molecule has 0 radical (unpaired) electrons. The maximum absolute atomic E-state index is 6.07. The van der Waals surface area contributed by atoms with Crippen LogP contribution in [0.2, 0.25) is 0 Å². The van der Waals surface area contributed by atoms with Gasteiger partial charge in [0.25, 0.3) is 0 Å². The highest BCUT2D eigenvalue weighted by atomic mass is 16.5. The third kappa shape index (κ3) is 2.25. The van der Waals surface area contributed by atoms with Gasteiger partial charge in [-0.25, -0.2) is 0 Å². The standard InChI is InChI=1S/C20H24N2O2/c1-23-16-9-8-15-18(20(16)24-2)17(12-5-3-6-13(21)11-12)14-7-4-10-22-19(14)15/h3,5-6,8-9,11,14,17,19,22H,4,7,10,21H2,1-2H3. The average molecular weight is 324 g/mol. The Hall–Kier alpha value is -2.20. The monoisotopic (exact) mass is 324 g/mol. The first-order valence-corrected chi connectivity index (χ1v) is 8.58. The fourth-order valence-corrected chi connectivity index (χ4v) is 4.55. The Bertz CT molecular complexity index is 759. The number of hydrogen-bond donors (Lipinski definition) is 2. The molecular weight excluding hydrogens is 300 g/mol. The third-order valence-corrected chi connectivity index (χ3v) is 5.47. The number of nitrogens with one attached hydrogen (secondary N) is 1. The molecule has 0 bridgehead atoms. The molecule has 1 aliphatic heterocycles. The summed E-state index contributed by atoms with van der Waals surface area (Å²) in [6.45, 7) is 1.07. The van der Waals surface area contributed by atoms with Gasteiger partial charge in [0.15, 0.2) is 11.5 Å². The molecule has 4 heteroatoms. The van der Waals surface area contributed by atoms with E-state index in [2.05, 4.69) is 23.5 Å². The van der Waals surface area contributed by atoms with Gasteiger partial charge < -0.3 is 20.5 Å². The molecule has 0 spiro atoms. The van der Waals surface area contributed by atoms with E-state index in [0.717, 1.165) is 23.7 Å². The lowest BCUT2D eigenvalue weighted by Crippen LogP contribution is -2.32. The number of anilines is 1. The van der Waals surface area contributed by atoms with Gasteiger partial charge in [0.2, 0.25) is 0 Å². The Morgan fingerprint density at radius 3 is 2.75 bits per heavy atom. The SMILES string of the molecule is COc1ccc2c(c1OC)C(c1cccc(N)c1)C1CCCNC21. The second-order valence-electron chi connectivity index (χ2n) is 6.69. The molecule has 4 nitrogen and oxygen atoms in total. The number of ether oxygens (including phenoxy) is 2. The number of methoxy groups -OCH3 is 2. The number of rotatable bonds is 3. The highest BCUT2D eigenvalue weighted by molar-refractivity contribution is 5.60. The van der Waals surface area contributed by atoms with Crippen LogP contribution in [-0.4, -0.2) is 20.8 Å². The van der Waals surface area contributed by atoms with Crippen molar-refractivity contribution in [1.29, 1.82) is 0 Å². The quantitative estimate of drug-likeness (QED) is 0.849. The minimum Gasteiger partial charge on any atom is -0.493 e. The van der Waals surface area contributed by atoms with E-state index in [9.17, 15) is 0 Å². The zero-order chi connectivity index (χ0) is 16.7. The van der Waals surface area contributed by atoms with Crippen molar-refractivity contribution in [3.63, 3.8) is 0 Å². The maximum atomic E-state index is 6.07. The number of piperidine rings is 1. The molecule has 1 fully saturated rings. The van der Waals surface area contributed by atoms with Gasteiger partial charge in [-0.05, 0) is 54.6 Å². The summed E-state index contributed by atoms with van der Waals surface area (Å²) >= 11 is 0. The third-order valence-electron chi connectivity index (χ3n) is 5.47. The lowest BCUT2D eigenvalue weighted by molar-refractivity contribution is 0.285. The molecule has 0 saturated carbocycles. The molecular formula is C20H24N2O2. The molecule has 1 aliphatic carbocycles. The van der Waals surface area contributed by atoms with Gasteiger partial charge in [0.05, 0.1) is 14.2 Å². The molecule has 0 amide bonds. The van der Waals surface area contributed by atoms with Crippen molar-refractivity contribution in [3.05, 3.63) is 53.1 Å². The van der Waals surface area contributed by atoms with Crippen LogP contribution in [0.3, 0.4) is 0 Å². The van der Waals surface area contributed by atoms with Crippen LogP contribution in [0.5, 0.6) is 11.5 Å². The van der Waals surface area contributed by atoms with Gasteiger partial charge in [-0.15, -0.1) is 0 Å². The number of hydrogen-bond acceptors (Lipinski definition) is 4. The van der Waals surface area contributed by atoms with E-state index in [1.807, 2.05) is 18.2 Å². The van der Waals surface area contributed by atoms with Crippen LogP contribution in [0.15, 0.2) is 36.4 Å². The second-order valence-corrected chi connectivity index (χ2v) is 6.69. The van der Waals surface area contributed by atoms with E-state index >= 15 is 0 Å². The molecule has 3 unspecified atom stereocenters. The minimum atomic E-state index is 0.284. The van der Waals surface area contributed by atoms with Gasteiger partial charge in [0, 0.05) is 23.2 Å². The Morgan fingerprint density at radius 2 is 2.00 bits per heavy atom. The van der Waals surface area contributed by atoms with Crippen molar-refractivity contribution in [3.8, 4) is 11.5 Å². The molecule has 3 N–H and O–H groups in total. The maximum Gasteiger partial charge on any atom is 0.164 e. The molecule has 24 heavy (non-hydrogen) atoms. The highest BCUT2D eigenvalue weighted by Gasteiger charge is 2.44. The first-order valence-electron chi connectivity index (χ1n) is 8.58. The molecule has 2 aromatic rings. The van der Waals surface area contributed by atoms with E-state index in [-0.39, 0.29) is 5.92 Å². The fourth-order valence-electron chi connectivity index (χ4n) is 4.55. The molecule has 1 heterocycles. The molecule has 126 valence electrons. The summed E-state index contributed by atoms with van der Waals surface area (Å²) in [5.74, 6) is 2.46. The minimum absolute atomic E-state index is 0.284. The molecule has 4 rings (SSSR count). The second kappa shape index (κ2) is 6.02. The fraction of sp³-hybridized carbons (Fsp3) is 0.400. The molecule has 2 aromatic carbocycles. The van der Waals surface area contributed by atoms with Gasteiger partial charge in [0.1, 0.15) is 0 Å². The van der Waals surface area contributed by atoms with Gasteiger partial charge >= 0.3 is 0 Å². The van der Waals surface area contributed by atoms with Crippen molar-refractivity contribution < 1.29 is 9.47 Å². The van der Waals surface area contributed by atoms with E-state index < -0.39 is 0 Å². The van der Waals surface area contributed by atoms with Crippen LogP contribution in [0.25, 0.3) is 0 Å². The highest BCUT2D eigenvalue weighted by Crippen LogP contribution is 2.56. The van der Waals surface area contributed by atoms with Gasteiger partial charge in [-0.3, -0.25) is 0 Å². The van der Waals surface area contributed by atoms with Crippen molar-refractivity contribution >= 4 is 5.69 Å². The molecule has 2 aliphatic rings. The summed E-state index contributed by atoms with van der Waals surface area (Å²) in [4.78, 5) is 0. The summed E-state index contributed by atoms with van der Waals surface area (Å²) in [7, 11) is 3.42. The van der Waals surface area contributed by atoms with Crippen molar-refractivity contribution in [1.82, 2.24) is 5.32 Å². The van der Waals surface area contributed by atoms with Crippen LogP contribution in [0.1, 0.15) is 41.5 Å². The average Bonchev–Trinajstić information content (AvgIpc) is 2.95. The predicted molar refractivity (Wildman–Crippen MR) is 95.7 cm³/mol. The summed E-state index contributed by atoms with van der Waals surface area (Å²) in [5, 5.41) is 3.71. The van der Waals surface area contributed by atoms with Crippen LogP contribution in [0.4, 0.5) is 5.69 Å². The van der Waals surface area contributed by atoms with Crippen LogP contribution in [0, 0.1) is 5.92 Å². The summed E-state index contributed by atoms with van der Waals surface area (Å²) in [5.41, 5.74) is 10.7. The number of benzene rings is 2. The Balaban J connectivity index is 1.93. The number of nitrogen functional groups attached to an aromatic ring is 1.